The van der Waals surface area contributed by atoms with Gasteiger partial charge in [-0.3, -0.25) is 4.98 Å². The smallest absolute Gasteiger partial charge is 0.146 e. The fourth-order valence-electron chi connectivity index (χ4n) is 2.00. The third-order valence-corrected chi connectivity index (χ3v) is 3.07. The average Bonchev–Trinajstić information content (AvgIpc) is 2.90. The molecule has 5 heteroatoms. The van der Waals surface area contributed by atoms with Crippen LogP contribution in [0, 0.1) is 5.92 Å². The second kappa shape index (κ2) is 7.16. The molecule has 1 aromatic heterocycles. The topological polar surface area (TPSA) is 59.1 Å². The summed E-state index contributed by atoms with van der Waals surface area (Å²) in [5, 5.41) is 6.55. The van der Waals surface area contributed by atoms with Gasteiger partial charge in [-0.25, -0.2) is 4.98 Å². The lowest BCUT2D eigenvalue weighted by Crippen LogP contribution is -2.11. The van der Waals surface area contributed by atoms with Gasteiger partial charge in [0, 0.05) is 26.3 Å². The molecule has 0 bridgehead atoms. The summed E-state index contributed by atoms with van der Waals surface area (Å²) in [6, 6.07) is 0. The summed E-state index contributed by atoms with van der Waals surface area (Å²) >= 11 is 0. The first-order valence-corrected chi connectivity index (χ1v) is 6.76. The van der Waals surface area contributed by atoms with E-state index in [1.807, 2.05) is 0 Å². The van der Waals surface area contributed by atoms with Crippen molar-refractivity contribution < 1.29 is 4.74 Å². The SMILES string of the molecule is CCCNc1cncc(NCCC2CCOC2)n1. The van der Waals surface area contributed by atoms with Gasteiger partial charge in [-0.2, -0.15) is 0 Å². The van der Waals surface area contributed by atoms with Crippen LogP contribution in [0.5, 0.6) is 0 Å². The Hall–Kier alpha value is -1.36. The molecule has 1 unspecified atom stereocenters. The first-order chi connectivity index (χ1) is 8.88. The minimum Gasteiger partial charge on any atom is -0.381 e. The zero-order valence-electron chi connectivity index (χ0n) is 11.0. The van der Waals surface area contributed by atoms with E-state index < -0.39 is 0 Å². The summed E-state index contributed by atoms with van der Waals surface area (Å²) < 4.78 is 5.36. The highest BCUT2D eigenvalue weighted by molar-refractivity contribution is 5.41. The Balaban J connectivity index is 1.74. The second-order valence-corrected chi connectivity index (χ2v) is 4.66. The third kappa shape index (κ3) is 4.14. The molecular formula is C13H22N4O. The van der Waals surface area contributed by atoms with E-state index >= 15 is 0 Å². The molecule has 1 aromatic rings. The lowest BCUT2D eigenvalue weighted by Gasteiger charge is -2.10. The summed E-state index contributed by atoms with van der Waals surface area (Å²) in [6.45, 7) is 5.82. The Bertz CT molecular complexity index is 353. The van der Waals surface area contributed by atoms with E-state index in [1.54, 1.807) is 12.4 Å². The normalized spacial score (nSPS) is 18.8. The largest absolute Gasteiger partial charge is 0.381 e. The van der Waals surface area contributed by atoms with Gasteiger partial charge >= 0.3 is 0 Å². The molecule has 0 amide bonds. The number of anilines is 2. The predicted molar refractivity (Wildman–Crippen MR) is 72.8 cm³/mol. The molecule has 1 fully saturated rings. The fourth-order valence-corrected chi connectivity index (χ4v) is 2.00. The fraction of sp³-hybridized carbons (Fsp3) is 0.692. The Morgan fingerprint density at radius 3 is 2.72 bits per heavy atom. The molecule has 0 spiro atoms. The van der Waals surface area contributed by atoms with Gasteiger partial charge < -0.3 is 15.4 Å². The zero-order valence-corrected chi connectivity index (χ0v) is 11.0. The molecule has 1 atom stereocenters. The summed E-state index contributed by atoms with van der Waals surface area (Å²) in [5.74, 6) is 2.38. The van der Waals surface area contributed by atoms with Crippen LogP contribution in [0.2, 0.25) is 0 Å². The maximum Gasteiger partial charge on any atom is 0.146 e. The Morgan fingerprint density at radius 1 is 1.28 bits per heavy atom. The maximum absolute atomic E-state index is 5.36. The molecule has 2 N–H and O–H groups in total. The van der Waals surface area contributed by atoms with Gasteiger partial charge in [-0.15, -0.1) is 0 Å². The number of aromatic nitrogens is 2. The zero-order chi connectivity index (χ0) is 12.6. The number of hydrogen-bond donors (Lipinski definition) is 2. The minimum absolute atomic E-state index is 0.701. The van der Waals surface area contributed by atoms with Crippen molar-refractivity contribution in [2.45, 2.75) is 26.2 Å². The van der Waals surface area contributed by atoms with Crippen molar-refractivity contribution in [3.63, 3.8) is 0 Å². The molecule has 2 heterocycles. The Kier molecular flexibility index (Phi) is 5.20. The van der Waals surface area contributed by atoms with Crippen LogP contribution >= 0.6 is 0 Å². The maximum atomic E-state index is 5.36. The van der Waals surface area contributed by atoms with Crippen LogP contribution in [0.1, 0.15) is 26.2 Å². The van der Waals surface area contributed by atoms with Crippen molar-refractivity contribution in [2.24, 2.45) is 5.92 Å². The van der Waals surface area contributed by atoms with Crippen LogP contribution in [0.4, 0.5) is 11.6 Å². The molecular weight excluding hydrogens is 228 g/mol. The molecule has 0 aromatic carbocycles. The summed E-state index contributed by atoms with van der Waals surface area (Å²) in [4.78, 5) is 8.63. The molecule has 0 aliphatic carbocycles. The predicted octanol–water partition coefficient (Wildman–Crippen LogP) is 2.14. The lowest BCUT2D eigenvalue weighted by atomic mass is 10.1. The standard InChI is InChI=1S/C13H22N4O/c1-2-5-15-12-8-14-9-13(17-12)16-6-3-11-4-7-18-10-11/h8-9,11H,2-7,10H2,1H3,(H2,15,16,17). The first kappa shape index (κ1) is 13.1. The monoisotopic (exact) mass is 250 g/mol. The highest BCUT2D eigenvalue weighted by Gasteiger charge is 2.14. The van der Waals surface area contributed by atoms with Crippen LogP contribution in [0.15, 0.2) is 12.4 Å². The number of hydrogen-bond acceptors (Lipinski definition) is 5. The molecule has 1 aliphatic rings. The third-order valence-electron chi connectivity index (χ3n) is 3.07. The summed E-state index contributed by atoms with van der Waals surface area (Å²) in [5.41, 5.74) is 0. The van der Waals surface area contributed by atoms with Gasteiger partial charge in [-0.1, -0.05) is 6.92 Å². The molecule has 18 heavy (non-hydrogen) atoms. The Morgan fingerprint density at radius 2 is 2.06 bits per heavy atom. The van der Waals surface area contributed by atoms with Gasteiger partial charge in [0.2, 0.25) is 0 Å². The van der Waals surface area contributed by atoms with Crippen LogP contribution < -0.4 is 10.6 Å². The lowest BCUT2D eigenvalue weighted by molar-refractivity contribution is 0.185. The number of nitrogens with zero attached hydrogens (tertiary/aromatic N) is 2. The van der Waals surface area contributed by atoms with Crippen molar-refractivity contribution in [3.8, 4) is 0 Å². The van der Waals surface area contributed by atoms with Gasteiger partial charge in [-0.05, 0) is 25.2 Å². The Labute approximate surface area is 108 Å². The highest BCUT2D eigenvalue weighted by Crippen LogP contribution is 2.16. The molecule has 5 nitrogen and oxygen atoms in total. The number of ether oxygens (including phenoxy) is 1. The number of nitrogens with one attached hydrogen (secondary N) is 2. The van der Waals surface area contributed by atoms with Crippen molar-refractivity contribution in [1.29, 1.82) is 0 Å². The first-order valence-electron chi connectivity index (χ1n) is 6.76. The van der Waals surface area contributed by atoms with Gasteiger partial charge in [0.25, 0.3) is 0 Å². The summed E-state index contributed by atoms with van der Waals surface area (Å²) in [7, 11) is 0. The van der Waals surface area contributed by atoms with Crippen LogP contribution in [0.3, 0.4) is 0 Å². The molecule has 0 saturated carbocycles. The summed E-state index contributed by atoms with van der Waals surface area (Å²) in [6.07, 6.45) is 6.93. The van der Waals surface area contributed by atoms with Crippen molar-refractivity contribution in [3.05, 3.63) is 12.4 Å². The quantitative estimate of drug-likeness (QED) is 0.776. The van der Waals surface area contributed by atoms with E-state index in [9.17, 15) is 0 Å². The molecule has 1 aliphatic heterocycles. The van der Waals surface area contributed by atoms with Gasteiger partial charge in [0.15, 0.2) is 0 Å². The van der Waals surface area contributed by atoms with Gasteiger partial charge in [0.05, 0.1) is 12.4 Å². The molecule has 100 valence electrons. The van der Waals surface area contributed by atoms with E-state index in [0.717, 1.165) is 50.8 Å². The van der Waals surface area contributed by atoms with Gasteiger partial charge in [0.1, 0.15) is 11.6 Å². The van der Waals surface area contributed by atoms with Crippen molar-refractivity contribution in [2.75, 3.05) is 36.9 Å². The van der Waals surface area contributed by atoms with Crippen LogP contribution in [-0.4, -0.2) is 36.3 Å². The highest BCUT2D eigenvalue weighted by atomic mass is 16.5. The average molecular weight is 250 g/mol. The molecule has 2 rings (SSSR count). The van der Waals surface area contributed by atoms with E-state index in [1.165, 1.54) is 6.42 Å². The molecule has 1 saturated heterocycles. The minimum atomic E-state index is 0.701. The van der Waals surface area contributed by atoms with E-state index in [0.29, 0.717) is 5.92 Å². The van der Waals surface area contributed by atoms with Crippen molar-refractivity contribution >= 4 is 11.6 Å². The van der Waals surface area contributed by atoms with Crippen LogP contribution in [-0.2, 0) is 4.74 Å². The van der Waals surface area contributed by atoms with E-state index in [-0.39, 0.29) is 0 Å². The number of rotatable bonds is 7. The van der Waals surface area contributed by atoms with E-state index in [4.69, 9.17) is 4.74 Å². The van der Waals surface area contributed by atoms with Crippen LogP contribution in [0.25, 0.3) is 0 Å². The molecule has 0 radical (unpaired) electrons. The van der Waals surface area contributed by atoms with Crippen molar-refractivity contribution in [1.82, 2.24) is 9.97 Å². The van der Waals surface area contributed by atoms with E-state index in [2.05, 4.69) is 27.5 Å². The second-order valence-electron chi connectivity index (χ2n) is 4.66.